The van der Waals surface area contributed by atoms with Crippen LogP contribution in [0.4, 0.5) is 5.82 Å². The number of fused-ring (bicyclic) bond motifs is 1. The average molecular weight is 421 g/mol. The van der Waals surface area contributed by atoms with E-state index in [4.69, 9.17) is 4.74 Å². The van der Waals surface area contributed by atoms with E-state index >= 15 is 0 Å². The molecule has 162 valence electrons. The number of aromatic amines is 1. The van der Waals surface area contributed by atoms with Crippen LogP contribution in [0.15, 0.2) is 36.5 Å². The van der Waals surface area contributed by atoms with Gasteiger partial charge in [0.2, 0.25) is 0 Å². The molecule has 0 spiro atoms. The second kappa shape index (κ2) is 8.93. The van der Waals surface area contributed by atoms with Crippen LogP contribution in [-0.4, -0.2) is 58.2 Å². The quantitative estimate of drug-likeness (QED) is 0.584. The van der Waals surface area contributed by atoms with Gasteiger partial charge in [0.25, 0.3) is 5.91 Å². The van der Waals surface area contributed by atoms with E-state index in [0.29, 0.717) is 28.8 Å². The van der Waals surface area contributed by atoms with Gasteiger partial charge in [0.15, 0.2) is 11.5 Å². The molecule has 0 bridgehead atoms. The van der Waals surface area contributed by atoms with Crippen LogP contribution < -0.4 is 15.4 Å². The summed E-state index contributed by atoms with van der Waals surface area (Å²) in [6, 6.07) is 9.57. The lowest BCUT2D eigenvalue weighted by atomic mass is 10.1. The molecule has 2 saturated heterocycles. The van der Waals surface area contributed by atoms with Crippen molar-refractivity contribution in [3.63, 3.8) is 0 Å². The summed E-state index contributed by atoms with van der Waals surface area (Å²) in [6.45, 7) is 3.62. The number of benzene rings is 1. The summed E-state index contributed by atoms with van der Waals surface area (Å²) in [7, 11) is 0. The SMILES string of the molecule is O=C(c1cccc(Oc2ccnc3[nH]nc(NC4CCCNC4)c23)c1)N1CCCCC1. The molecule has 2 aliphatic rings. The standard InChI is InChI=1S/C23H28N6O2/c30-23(29-12-2-1-3-13-29)16-6-4-8-18(14-16)31-19-9-11-25-21-20(19)22(28-27-21)26-17-7-5-10-24-15-17/h4,6,8-9,11,14,17,24H,1-3,5,7,10,12-13,15H2,(H2,25,26,27,28). The molecule has 2 fully saturated rings. The van der Waals surface area contributed by atoms with Gasteiger partial charge in [-0.2, -0.15) is 5.10 Å². The minimum absolute atomic E-state index is 0.0699. The fourth-order valence-corrected chi connectivity index (χ4v) is 4.38. The van der Waals surface area contributed by atoms with E-state index in [0.717, 1.165) is 63.1 Å². The second-order valence-electron chi connectivity index (χ2n) is 8.28. The van der Waals surface area contributed by atoms with Crippen LogP contribution in [0.3, 0.4) is 0 Å². The first-order valence-corrected chi connectivity index (χ1v) is 11.2. The van der Waals surface area contributed by atoms with E-state index in [1.807, 2.05) is 35.2 Å². The Morgan fingerprint density at radius 2 is 2.06 bits per heavy atom. The van der Waals surface area contributed by atoms with Crippen molar-refractivity contribution in [2.45, 2.75) is 38.1 Å². The number of ether oxygens (including phenoxy) is 1. The molecule has 1 amide bonds. The Labute approximate surface area is 181 Å². The molecular formula is C23H28N6O2. The molecule has 0 aliphatic carbocycles. The van der Waals surface area contributed by atoms with Crippen LogP contribution in [0.25, 0.3) is 11.0 Å². The monoisotopic (exact) mass is 420 g/mol. The average Bonchev–Trinajstić information content (AvgIpc) is 3.24. The van der Waals surface area contributed by atoms with Gasteiger partial charge in [-0.15, -0.1) is 0 Å². The number of anilines is 1. The summed E-state index contributed by atoms with van der Waals surface area (Å²) in [6.07, 6.45) is 7.28. The number of pyridine rings is 1. The number of hydrogen-bond donors (Lipinski definition) is 3. The van der Waals surface area contributed by atoms with Gasteiger partial charge >= 0.3 is 0 Å². The van der Waals surface area contributed by atoms with Gasteiger partial charge in [-0.05, 0) is 56.8 Å². The molecule has 5 rings (SSSR count). The fourth-order valence-electron chi connectivity index (χ4n) is 4.38. The third-order valence-electron chi connectivity index (χ3n) is 6.01. The zero-order valence-electron chi connectivity index (χ0n) is 17.6. The highest BCUT2D eigenvalue weighted by molar-refractivity contribution is 5.95. The maximum atomic E-state index is 12.9. The van der Waals surface area contributed by atoms with E-state index in [2.05, 4.69) is 25.8 Å². The molecular weight excluding hydrogens is 392 g/mol. The lowest BCUT2D eigenvalue weighted by molar-refractivity contribution is 0.0724. The molecule has 8 nitrogen and oxygen atoms in total. The zero-order chi connectivity index (χ0) is 21.0. The molecule has 0 radical (unpaired) electrons. The number of rotatable bonds is 5. The largest absolute Gasteiger partial charge is 0.456 e. The van der Waals surface area contributed by atoms with Crippen molar-refractivity contribution in [1.82, 2.24) is 25.4 Å². The van der Waals surface area contributed by atoms with Crippen molar-refractivity contribution in [1.29, 1.82) is 0 Å². The molecule has 8 heteroatoms. The van der Waals surface area contributed by atoms with E-state index in [-0.39, 0.29) is 5.91 Å². The van der Waals surface area contributed by atoms with Crippen molar-refractivity contribution in [2.75, 3.05) is 31.5 Å². The fraction of sp³-hybridized carbons (Fsp3) is 0.435. The highest BCUT2D eigenvalue weighted by Gasteiger charge is 2.20. The van der Waals surface area contributed by atoms with E-state index < -0.39 is 0 Å². The smallest absolute Gasteiger partial charge is 0.253 e. The van der Waals surface area contributed by atoms with Crippen LogP contribution in [0.5, 0.6) is 11.5 Å². The first-order valence-electron chi connectivity index (χ1n) is 11.2. The van der Waals surface area contributed by atoms with Gasteiger partial charge in [-0.3, -0.25) is 9.89 Å². The Balaban J connectivity index is 1.39. The van der Waals surface area contributed by atoms with Crippen LogP contribution in [-0.2, 0) is 0 Å². The maximum absolute atomic E-state index is 12.9. The molecule has 0 saturated carbocycles. The van der Waals surface area contributed by atoms with Crippen LogP contribution >= 0.6 is 0 Å². The number of nitrogens with one attached hydrogen (secondary N) is 3. The summed E-state index contributed by atoms with van der Waals surface area (Å²) >= 11 is 0. The molecule has 3 aromatic rings. The van der Waals surface area contributed by atoms with Crippen molar-refractivity contribution in [3.8, 4) is 11.5 Å². The topological polar surface area (TPSA) is 95.2 Å². The number of carbonyl (C=O) groups excluding carboxylic acids is 1. The number of carbonyl (C=O) groups is 1. The van der Waals surface area contributed by atoms with Gasteiger partial charge in [0, 0.05) is 43.5 Å². The Morgan fingerprint density at radius 1 is 1.16 bits per heavy atom. The number of amides is 1. The number of aromatic nitrogens is 3. The molecule has 31 heavy (non-hydrogen) atoms. The van der Waals surface area contributed by atoms with Crippen molar-refractivity contribution in [3.05, 3.63) is 42.1 Å². The van der Waals surface area contributed by atoms with Crippen molar-refractivity contribution in [2.24, 2.45) is 0 Å². The summed E-state index contributed by atoms with van der Waals surface area (Å²) in [5.74, 6) is 2.10. The lowest BCUT2D eigenvalue weighted by Crippen LogP contribution is -2.38. The third kappa shape index (κ3) is 4.34. The summed E-state index contributed by atoms with van der Waals surface area (Å²) in [5, 5.41) is 15.2. The van der Waals surface area contributed by atoms with E-state index in [1.54, 1.807) is 6.20 Å². The first-order chi connectivity index (χ1) is 15.3. The number of nitrogens with zero attached hydrogens (tertiary/aromatic N) is 3. The number of likely N-dealkylation sites (tertiary alicyclic amines) is 1. The molecule has 4 heterocycles. The Morgan fingerprint density at radius 3 is 2.90 bits per heavy atom. The van der Waals surface area contributed by atoms with Gasteiger partial charge in [0.1, 0.15) is 16.9 Å². The molecule has 3 N–H and O–H groups in total. The first kappa shape index (κ1) is 19.8. The molecule has 2 aliphatic heterocycles. The Bertz CT molecular complexity index is 1050. The van der Waals surface area contributed by atoms with Crippen molar-refractivity contribution < 1.29 is 9.53 Å². The molecule has 2 aromatic heterocycles. The molecule has 1 aromatic carbocycles. The summed E-state index contributed by atoms with van der Waals surface area (Å²) in [4.78, 5) is 19.2. The van der Waals surface area contributed by atoms with Crippen LogP contribution in [0.1, 0.15) is 42.5 Å². The lowest BCUT2D eigenvalue weighted by Gasteiger charge is -2.26. The molecule has 1 unspecified atom stereocenters. The second-order valence-corrected chi connectivity index (χ2v) is 8.28. The maximum Gasteiger partial charge on any atom is 0.253 e. The minimum atomic E-state index is 0.0699. The predicted molar refractivity (Wildman–Crippen MR) is 120 cm³/mol. The Hall–Kier alpha value is -3.13. The van der Waals surface area contributed by atoms with Crippen LogP contribution in [0, 0.1) is 0 Å². The van der Waals surface area contributed by atoms with E-state index in [9.17, 15) is 4.79 Å². The van der Waals surface area contributed by atoms with E-state index in [1.165, 1.54) is 6.42 Å². The van der Waals surface area contributed by atoms with Gasteiger partial charge in [-0.1, -0.05) is 6.07 Å². The van der Waals surface area contributed by atoms with Crippen LogP contribution in [0.2, 0.25) is 0 Å². The Kier molecular flexibility index (Phi) is 5.71. The third-order valence-corrected chi connectivity index (χ3v) is 6.01. The molecule has 1 atom stereocenters. The van der Waals surface area contributed by atoms with Gasteiger partial charge in [-0.25, -0.2) is 4.98 Å². The highest BCUT2D eigenvalue weighted by Crippen LogP contribution is 2.33. The number of hydrogen-bond acceptors (Lipinski definition) is 6. The van der Waals surface area contributed by atoms with Gasteiger partial charge in [0.05, 0.1) is 0 Å². The van der Waals surface area contributed by atoms with Crippen molar-refractivity contribution >= 4 is 22.8 Å². The van der Waals surface area contributed by atoms with Gasteiger partial charge < -0.3 is 20.3 Å². The highest BCUT2D eigenvalue weighted by atomic mass is 16.5. The predicted octanol–water partition coefficient (Wildman–Crippen LogP) is 3.54. The zero-order valence-corrected chi connectivity index (χ0v) is 17.6. The summed E-state index contributed by atoms with van der Waals surface area (Å²) < 4.78 is 6.23. The minimum Gasteiger partial charge on any atom is -0.456 e. The summed E-state index contributed by atoms with van der Waals surface area (Å²) in [5.41, 5.74) is 1.33. The number of H-pyrrole nitrogens is 1. The number of piperidine rings is 2. The normalized spacial score (nSPS) is 19.4.